The maximum absolute atomic E-state index is 13.0. The van der Waals surface area contributed by atoms with Gasteiger partial charge in [0.1, 0.15) is 18.1 Å². The Hall–Kier alpha value is -3.05. The summed E-state index contributed by atoms with van der Waals surface area (Å²) in [6.07, 6.45) is -3.57. The van der Waals surface area contributed by atoms with Gasteiger partial charge >= 0.3 is 18.1 Å². The van der Waals surface area contributed by atoms with Crippen molar-refractivity contribution in [3.05, 3.63) is 52.4 Å². The van der Waals surface area contributed by atoms with Gasteiger partial charge in [0.25, 0.3) is 0 Å². The van der Waals surface area contributed by atoms with Crippen molar-refractivity contribution in [2.75, 3.05) is 32.5 Å². The number of hydrogen-bond donors (Lipinski definition) is 0. The molecule has 0 spiro atoms. The average molecular weight is 446 g/mol. The Balaban J connectivity index is 2.20. The number of hydrogen-bond acceptors (Lipinski definition) is 7. The number of methoxy groups -OCH3 is 2. The first-order valence-electron chi connectivity index (χ1n) is 8.35. The summed E-state index contributed by atoms with van der Waals surface area (Å²) in [5, 5.41) is 3.60. The van der Waals surface area contributed by atoms with Crippen LogP contribution in [0.25, 0.3) is 5.69 Å². The number of rotatable bonds is 4. The second-order valence-corrected chi connectivity index (χ2v) is 6.37. The minimum atomic E-state index is -4.66. The molecule has 1 aromatic heterocycles. The number of carbonyl (C=O) groups is 2. The van der Waals surface area contributed by atoms with E-state index in [0.717, 1.165) is 31.2 Å². The quantitative estimate of drug-likeness (QED) is 0.669. The van der Waals surface area contributed by atoms with Crippen LogP contribution in [0.5, 0.6) is 0 Å². The third kappa shape index (κ3) is 3.98. The summed E-state index contributed by atoms with van der Waals surface area (Å²) in [4.78, 5) is 25.9. The van der Waals surface area contributed by atoms with E-state index in [0.29, 0.717) is 0 Å². The standard InChI is InChI=1S/C18H15ClF3N3O5/c1-28-16(26)10-8-30-9-24(14(10)17(27)29-2)12-5-3-4-11(19)15(12)25-7-6-13(23-25)18(20,21)22/h3-7H,8-9H2,1-2H3. The van der Waals surface area contributed by atoms with Crippen molar-refractivity contribution in [3.63, 3.8) is 0 Å². The first-order valence-corrected chi connectivity index (χ1v) is 8.73. The summed E-state index contributed by atoms with van der Waals surface area (Å²) >= 11 is 6.26. The molecule has 2 aromatic rings. The van der Waals surface area contributed by atoms with Gasteiger partial charge < -0.3 is 19.1 Å². The SMILES string of the molecule is COC(=O)C1=C(C(=O)OC)N(c2cccc(Cl)c2-n2ccc(C(F)(F)F)n2)COC1. The van der Waals surface area contributed by atoms with Crippen LogP contribution in [-0.4, -0.2) is 49.3 Å². The predicted molar refractivity (Wildman–Crippen MR) is 97.9 cm³/mol. The second-order valence-electron chi connectivity index (χ2n) is 5.97. The van der Waals surface area contributed by atoms with E-state index in [9.17, 15) is 22.8 Å². The first-order chi connectivity index (χ1) is 14.2. The van der Waals surface area contributed by atoms with E-state index in [2.05, 4.69) is 5.10 Å². The van der Waals surface area contributed by atoms with Crippen LogP contribution in [0.1, 0.15) is 5.69 Å². The lowest BCUT2D eigenvalue weighted by Crippen LogP contribution is -2.39. The first kappa shape index (κ1) is 21.7. The fourth-order valence-corrected chi connectivity index (χ4v) is 3.14. The molecule has 8 nitrogen and oxygen atoms in total. The highest BCUT2D eigenvalue weighted by Gasteiger charge is 2.36. The Labute approximate surface area is 173 Å². The van der Waals surface area contributed by atoms with Crippen LogP contribution in [0, 0.1) is 0 Å². The van der Waals surface area contributed by atoms with Crippen molar-refractivity contribution in [1.82, 2.24) is 9.78 Å². The van der Waals surface area contributed by atoms with E-state index >= 15 is 0 Å². The van der Waals surface area contributed by atoms with Crippen molar-refractivity contribution < 1.29 is 37.0 Å². The van der Waals surface area contributed by atoms with E-state index in [1.165, 1.54) is 23.1 Å². The molecule has 0 fully saturated rings. The zero-order valence-corrected chi connectivity index (χ0v) is 16.5. The minimum absolute atomic E-state index is 0.0470. The lowest BCUT2D eigenvalue weighted by Gasteiger charge is -2.32. The van der Waals surface area contributed by atoms with Crippen LogP contribution in [-0.2, 0) is 30.0 Å². The lowest BCUT2D eigenvalue weighted by molar-refractivity contribution is -0.141. The van der Waals surface area contributed by atoms with Crippen LogP contribution < -0.4 is 4.90 Å². The Kier molecular flexibility index (Phi) is 6.04. The number of anilines is 1. The Bertz CT molecular complexity index is 1020. The van der Waals surface area contributed by atoms with Gasteiger partial charge in [-0.25, -0.2) is 14.3 Å². The number of benzene rings is 1. The Morgan fingerprint density at radius 3 is 2.47 bits per heavy atom. The molecule has 160 valence electrons. The number of aromatic nitrogens is 2. The molecule has 0 unspecified atom stereocenters. The number of para-hydroxylation sites is 1. The molecular formula is C18H15ClF3N3O5. The van der Waals surface area contributed by atoms with Gasteiger partial charge in [-0.15, -0.1) is 0 Å². The highest BCUT2D eigenvalue weighted by Crippen LogP contribution is 2.36. The molecule has 0 radical (unpaired) electrons. The highest BCUT2D eigenvalue weighted by atomic mass is 35.5. The summed E-state index contributed by atoms with van der Waals surface area (Å²) in [6.45, 7) is -0.421. The summed E-state index contributed by atoms with van der Waals surface area (Å²) in [6, 6.07) is 5.25. The lowest BCUT2D eigenvalue weighted by atomic mass is 10.1. The molecule has 0 amide bonds. The number of halogens is 4. The fraction of sp³-hybridized carbons (Fsp3) is 0.278. The van der Waals surface area contributed by atoms with E-state index in [1.54, 1.807) is 0 Å². The van der Waals surface area contributed by atoms with Crippen LogP contribution in [0.15, 0.2) is 41.7 Å². The molecule has 0 atom stereocenters. The molecule has 12 heteroatoms. The van der Waals surface area contributed by atoms with Crippen LogP contribution in [0.4, 0.5) is 18.9 Å². The van der Waals surface area contributed by atoms with Gasteiger partial charge in [0.05, 0.1) is 37.1 Å². The van der Waals surface area contributed by atoms with Crippen molar-refractivity contribution in [2.24, 2.45) is 0 Å². The maximum Gasteiger partial charge on any atom is 0.435 e. The molecule has 30 heavy (non-hydrogen) atoms. The van der Waals surface area contributed by atoms with Crippen LogP contribution in [0.3, 0.4) is 0 Å². The minimum Gasteiger partial charge on any atom is -0.466 e. The second kappa shape index (κ2) is 8.36. The van der Waals surface area contributed by atoms with Crippen LogP contribution >= 0.6 is 11.6 Å². The third-order valence-electron chi connectivity index (χ3n) is 4.20. The summed E-state index contributed by atoms with van der Waals surface area (Å²) in [5.41, 5.74) is -1.20. The molecule has 1 aromatic carbocycles. The summed E-state index contributed by atoms with van der Waals surface area (Å²) in [7, 11) is 2.26. The molecule has 1 aliphatic heterocycles. The fourth-order valence-electron chi connectivity index (χ4n) is 2.88. The Morgan fingerprint density at radius 1 is 1.17 bits per heavy atom. The van der Waals surface area contributed by atoms with Crippen molar-refractivity contribution in [2.45, 2.75) is 6.18 Å². The predicted octanol–water partition coefficient (Wildman–Crippen LogP) is 2.94. The highest BCUT2D eigenvalue weighted by molar-refractivity contribution is 6.33. The molecule has 0 saturated carbocycles. The number of esters is 2. The van der Waals surface area contributed by atoms with Crippen molar-refractivity contribution in [1.29, 1.82) is 0 Å². The molecular weight excluding hydrogens is 431 g/mol. The molecule has 3 rings (SSSR count). The van der Waals surface area contributed by atoms with Crippen molar-refractivity contribution >= 4 is 29.2 Å². The molecule has 0 N–H and O–H groups in total. The summed E-state index contributed by atoms with van der Waals surface area (Å²) in [5.74, 6) is -1.68. The topological polar surface area (TPSA) is 82.9 Å². The number of carbonyl (C=O) groups excluding carboxylic acids is 2. The molecule has 0 aliphatic carbocycles. The smallest absolute Gasteiger partial charge is 0.435 e. The van der Waals surface area contributed by atoms with E-state index in [4.69, 9.17) is 25.8 Å². The number of alkyl halides is 3. The summed E-state index contributed by atoms with van der Waals surface area (Å²) < 4.78 is 54.8. The Morgan fingerprint density at radius 2 is 1.87 bits per heavy atom. The van der Waals surface area contributed by atoms with Gasteiger partial charge in [-0.2, -0.15) is 18.3 Å². The molecule has 2 heterocycles. The van der Waals surface area contributed by atoms with E-state index < -0.39 is 23.8 Å². The molecule has 0 saturated heterocycles. The number of ether oxygens (including phenoxy) is 3. The van der Waals surface area contributed by atoms with E-state index in [1.807, 2.05) is 0 Å². The monoisotopic (exact) mass is 445 g/mol. The van der Waals surface area contributed by atoms with Gasteiger partial charge in [-0.3, -0.25) is 0 Å². The van der Waals surface area contributed by atoms with Crippen molar-refractivity contribution in [3.8, 4) is 5.69 Å². The van der Waals surface area contributed by atoms with Gasteiger partial charge in [-0.05, 0) is 18.2 Å². The van der Waals surface area contributed by atoms with Gasteiger partial charge in [0.15, 0.2) is 5.69 Å². The average Bonchev–Trinajstić information content (AvgIpc) is 3.22. The van der Waals surface area contributed by atoms with E-state index in [-0.39, 0.29) is 41.0 Å². The van der Waals surface area contributed by atoms with Gasteiger partial charge in [-0.1, -0.05) is 17.7 Å². The largest absolute Gasteiger partial charge is 0.466 e. The zero-order valence-electron chi connectivity index (χ0n) is 15.7. The zero-order chi connectivity index (χ0) is 22.1. The van der Waals surface area contributed by atoms with Crippen LogP contribution in [0.2, 0.25) is 5.02 Å². The van der Waals surface area contributed by atoms with Gasteiger partial charge in [0.2, 0.25) is 0 Å². The normalized spacial score (nSPS) is 14.7. The molecule has 1 aliphatic rings. The number of nitrogens with zero attached hydrogens (tertiary/aromatic N) is 3. The molecule has 0 bridgehead atoms. The maximum atomic E-state index is 13.0. The van der Waals surface area contributed by atoms with Gasteiger partial charge in [0, 0.05) is 6.20 Å². The third-order valence-corrected chi connectivity index (χ3v) is 4.50.